The molecular formula is C28H29N5O5. The molecule has 2 aromatic carbocycles. The number of hydroxylamine groups is 1. The number of nitrogens with zero attached hydrogens (tertiary/aromatic N) is 2. The first-order valence-electron chi connectivity index (χ1n) is 11.8. The second-order valence-electron chi connectivity index (χ2n) is 8.61. The van der Waals surface area contributed by atoms with Gasteiger partial charge in [0.25, 0.3) is 11.8 Å². The topological polar surface area (TPSA) is 144 Å². The summed E-state index contributed by atoms with van der Waals surface area (Å²) in [5, 5.41) is 23.6. The smallest absolute Gasteiger partial charge is 0.268 e. The molecule has 0 bridgehead atoms. The number of hydrogen-bond donors (Lipinski definition) is 5. The zero-order valence-corrected chi connectivity index (χ0v) is 21.0. The molecule has 3 aromatic rings. The van der Waals surface area contributed by atoms with Crippen LogP contribution < -0.4 is 16.1 Å². The highest BCUT2D eigenvalue weighted by Crippen LogP contribution is 2.10. The number of anilines is 1. The van der Waals surface area contributed by atoms with E-state index in [0.717, 1.165) is 11.3 Å². The maximum Gasteiger partial charge on any atom is 0.268 e. The lowest BCUT2D eigenvalue weighted by Gasteiger charge is -2.19. The van der Waals surface area contributed by atoms with Gasteiger partial charge in [0.15, 0.2) is 0 Å². The lowest BCUT2D eigenvalue weighted by Crippen LogP contribution is -2.51. The summed E-state index contributed by atoms with van der Waals surface area (Å²) >= 11 is 0. The SMILES string of the molecule is CC(O)C(NC(=O)c1ccc(C#Cc2ccc(NC(=O)CN(C)Cc3ccccn3)cc2)cc1)C(=O)NO. The van der Waals surface area contributed by atoms with Crippen LogP contribution >= 0.6 is 0 Å². The Morgan fingerprint density at radius 3 is 2.16 bits per heavy atom. The summed E-state index contributed by atoms with van der Waals surface area (Å²) in [5.74, 6) is 4.39. The standard InChI is InChI=1S/C28H29N5O5/c1-19(34)26(28(37)32-38)31-27(36)22-12-8-20(9-13-22)6-7-21-10-14-23(15-11-21)30-25(35)18-33(2)17-24-5-3-4-16-29-24/h3-5,8-16,19,26,34,38H,17-18H2,1-2H3,(H,30,35)(H,31,36)(H,32,37). The number of aliphatic hydroxyl groups is 1. The highest BCUT2D eigenvalue weighted by atomic mass is 16.5. The number of rotatable bonds is 9. The Labute approximate surface area is 220 Å². The van der Waals surface area contributed by atoms with Crippen LogP contribution in [0.15, 0.2) is 72.9 Å². The van der Waals surface area contributed by atoms with Gasteiger partial charge < -0.3 is 15.7 Å². The van der Waals surface area contributed by atoms with Gasteiger partial charge in [-0.2, -0.15) is 0 Å². The molecule has 1 aromatic heterocycles. The van der Waals surface area contributed by atoms with E-state index in [1.165, 1.54) is 12.4 Å². The van der Waals surface area contributed by atoms with Crippen molar-refractivity contribution in [3.05, 3.63) is 95.3 Å². The quantitative estimate of drug-likeness (QED) is 0.165. The number of likely N-dealkylation sites (N-methyl/N-ethyl adjacent to an activating group) is 1. The van der Waals surface area contributed by atoms with Crippen molar-refractivity contribution in [3.63, 3.8) is 0 Å². The van der Waals surface area contributed by atoms with E-state index in [-0.39, 0.29) is 18.0 Å². The van der Waals surface area contributed by atoms with Crippen LogP contribution in [0.5, 0.6) is 0 Å². The van der Waals surface area contributed by atoms with Crippen LogP contribution in [0, 0.1) is 11.8 Å². The van der Waals surface area contributed by atoms with E-state index in [1.54, 1.807) is 54.7 Å². The molecule has 0 radical (unpaired) electrons. The molecule has 196 valence electrons. The van der Waals surface area contributed by atoms with Crippen LogP contribution in [0.4, 0.5) is 5.69 Å². The third-order valence-corrected chi connectivity index (χ3v) is 5.40. The van der Waals surface area contributed by atoms with Crippen molar-refractivity contribution in [2.45, 2.75) is 25.6 Å². The number of carbonyl (C=O) groups is 3. The Balaban J connectivity index is 1.53. The van der Waals surface area contributed by atoms with Gasteiger partial charge in [-0.3, -0.25) is 29.5 Å². The van der Waals surface area contributed by atoms with Crippen molar-refractivity contribution in [1.82, 2.24) is 20.7 Å². The Kier molecular flexibility index (Phi) is 10.1. The third-order valence-electron chi connectivity index (χ3n) is 5.40. The zero-order valence-electron chi connectivity index (χ0n) is 21.0. The summed E-state index contributed by atoms with van der Waals surface area (Å²) < 4.78 is 0. The minimum absolute atomic E-state index is 0.136. The van der Waals surface area contributed by atoms with Crippen LogP contribution in [-0.2, 0) is 16.1 Å². The molecule has 2 atom stereocenters. The van der Waals surface area contributed by atoms with Gasteiger partial charge in [-0.15, -0.1) is 0 Å². The molecule has 0 saturated carbocycles. The predicted octanol–water partition coefficient (Wildman–Crippen LogP) is 1.54. The number of aliphatic hydroxyl groups excluding tert-OH is 1. The molecule has 5 N–H and O–H groups in total. The summed E-state index contributed by atoms with van der Waals surface area (Å²) in [4.78, 5) is 42.5. The van der Waals surface area contributed by atoms with Gasteiger partial charge in [0.1, 0.15) is 6.04 Å². The lowest BCUT2D eigenvalue weighted by molar-refractivity contribution is -0.133. The highest BCUT2D eigenvalue weighted by molar-refractivity contribution is 5.97. The van der Waals surface area contributed by atoms with Gasteiger partial charge in [0, 0.05) is 35.1 Å². The molecule has 0 aliphatic heterocycles. The average Bonchev–Trinajstić information content (AvgIpc) is 2.91. The van der Waals surface area contributed by atoms with Crippen molar-refractivity contribution in [1.29, 1.82) is 0 Å². The first-order chi connectivity index (χ1) is 18.2. The maximum absolute atomic E-state index is 12.4. The number of amides is 3. The van der Waals surface area contributed by atoms with E-state index < -0.39 is 24.0 Å². The van der Waals surface area contributed by atoms with Crippen molar-refractivity contribution >= 4 is 23.4 Å². The zero-order chi connectivity index (χ0) is 27.5. The van der Waals surface area contributed by atoms with Crippen LogP contribution in [-0.4, -0.2) is 63.7 Å². The summed E-state index contributed by atoms with van der Waals surface area (Å²) in [6.07, 6.45) is 0.523. The molecule has 0 aliphatic carbocycles. The van der Waals surface area contributed by atoms with Crippen LogP contribution in [0.1, 0.15) is 34.1 Å². The fraction of sp³-hybridized carbons (Fsp3) is 0.214. The first kappa shape index (κ1) is 28.0. The monoisotopic (exact) mass is 515 g/mol. The van der Waals surface area contributed by atoms with Crippen molar-refractivity contribution in [3.8, 4) is 11.8 Å². The normalized spacial score (nSPS) is 12.0. The van der Waals surface area contributed by atoms with Crippen LogP contribution in [0.2, 0.25) is 0 Å². The van der Waals surface area contributed by atoms with E-state index in [4.69, 9.17) is 5.21 Å². The Hall–Kier alpha value is -4.56. The van der Waals surface area contributed by atoms with Gasteiger partial charge in [-0.05, 0) is 74.6 Å². The molecule has 0 fully saturated rings. The molecule has 3 amide bonds. The number of nitrogens with one attached hydrogen (secondary N) is 3. The molecule has 1 heterocycles. The van der Waals surface area contributed by atoms with E-state index >= 15 is 0 Å². The van der Waals surface area contributed by atoms with Crippen LogP contribution in [0.25, 0.3) is 0 Å². The summed E-state index contributed by atoms with van der Waals surface area (Å²) in [6, 6.07) is 17.9. The average molecular weight is 516 g/mol. The number of pyridine rings is 1. The summed E-state index contributed by atoms with van der Waals surface area (Å²) in [6.45, 7) is 2.11. The van der Waals surface area contributed by atoms with Crippen molar-refractivity contribution in [2.24, 2.45) is 0 Å². The van der Waals surface area contributed by atoms with Crippen molar-refractivity contribution < 1.29 is 24.7 Å². The van der Waals surface area contributed by atoms with Gasteiger partial charge in [-0.25, -0.2) is 5.48 Å². The maximum atomic E-state index is 12.4. The van der Waals surface area contributed by atoms with Gasteiger partial charge in [-0.1, -0.05) is 17.9 Å². The number of hydrogen-bond acceptors (Lipinski definition) is 7. The fourth-order valence-electron chi connectivity index (χ4n) is 3.46. The number of benzene rings is 2. The molecule has 10 heteroatoms. The predicted molar refractivity (Wildman–Crippen MR) is 141 cm³/mol. The molecule has 2 unspecified atom stereocenters. The fourth-order valence-corrected chi connectivity index (χ4v) is 3.46. The number of aromatic nitrogens is 1. The highest BCUT2D eigenvalue weighted by Gasteiger charge is 2.25. The second-order valence-corrected chi connectivity index (χ2v) is 8.61. The lowest BCUT2D eigenvalue weighted by atomic mass is 10.1. The molecule has 0 spiro atoms. The van der Waals surface area contributed by atoms with Gasteiger partial charge in [0.2, 0.25) is 5.91 Å². The second kappa shape index (κ2) is 13.7. The largest absolute Gasteiger partial charge is 0.391 e. The van der Waals surface area contributed by atoms with E-state index in [0.29, 0.717) is 17.8 Å². The Morgan fingerprint density at radius 1 is 0.974 bits per heavy atom. The molecule has 10 nitrogen and oxygen atoms in total. The molecule has 0 saturated heterocycles. The van der Waals surface area contributed by atoms with Crippen molar-refractivity contribution in [2.75, 3.05) is 18.9 Å². The van der Waals surface area contributed by atoms with Crippen LogP contribution in [0.3, 0.4) is 0 Å². The van der Waals surface area contributed by atoms with Gasteiger partial charge in [0.05, 0.1) is 18.3 Å². The Morgan fingerprint density at radius 2 is 1.61 bits per heavy atom. The van der Waals surface area contributed by atoms with Gasteiger partial charge >= 0.3 is 0 Å². The van der Waals surface area contributed by atoms with E-state index in [1.807, 2.05) is 30.1 Å². The molecule has 3 rings (SSSR count). The molecule has 38 heavy (non-hydrogen) atoms. The van der Waals surface area contributed by atoms with E-state index in [2.05, 4.69) is 27.5 Å². The number of carbonyl (C=O) groups excluding carboxylic acids is 3. The minimum Gasteiger partial charge on any atom is -0.391 e. The molecule has 0 aliphatic rings. The summed E-state index contributed by atoms with van der Waals surface area (Å²) in [5.41, 5.74) is 4.63. The Bertz CT molecular complexity index is 1300. The van der Waals surface area contributed by atoms with E-state index in [9.17, 15) is 19.5 Å². The third kappa shape index (κ3) is 8.53. The molecular weight excluding hydrogens is 486 g/mol. The first-order valence-corrected chi connectivity index (χ1v) is 11.8. The summed E-state index contributed by atoms with van der Waals surface area (Å²) in [7, 11) is 1.86. The minimum atomic E-state index is -1.30.